The lowest BCUT2D eigenvalue weighted by Gasteiger charge is -2.47. The summed E-state index contributed by atoms with van der Waals surface area (Å²) in [6, 6.07) is 48.6. The van der Waals surface area contributed by atoms with Gasteiger partial charge >= 0.3 is 0 Å². The summed E-state index contributed by atoms with van der Waals surface area (Å²) < 4.78 is 45.8. The van der Waals surface area contributed by atoms with Crippen LogP contribution in [0, 0.1) is 0 Å². The minimum absolute atomic E-state index is 0. The molecule has 0 amide bonds. The Balaban J connectivity index is 0.000000153. The van der Waals surface area contributed by atoms with Gasteiger partial charge in [-0.15, -0.1) is 0 Å². The molecule has 0 unspecified atom stereocenters. The Morgan fingerprint density at radius 3 is 0.986 bits per heavy atom. The number of aromatic nitrogens is 16. The number of aryl methyl sites for hydroxylation is 4. The van der Waals surface area contributed by atoms with Gasteiger partial charge in [0.25, 0.3) is 0 Å². The Kier molecular flexibility index (Phi) is 36.5. The molecule has 0 radical (unpaired) electrons. The number of likely N-dealkylation sites (tertiary alicyclic amines) is 2. The summed E-state index contributed by atoms with van der Waals surface area (Å²) in [4.78, 5) is 51.5. The first kappa shape index (κ1) is 107. The fourth-order valence-corrected chi connectivity index (χ4v) is 19.5. The number of halogens is 1. The summed E-state index contributed by atoms with van der Waals surface area (Å²) in [6.07, 6.45) is 30.4. The molecule has 19 rings (SSSR count). The van der Waals surface area contributed by atoms with E-state index in [9.17, 15) is 15.3 Å². The first-order chi connectivity index (χ1) is 69.3. The fraction of sp³-hybridized carbons (Fsp3) is 0.370. The molecule has 3 fully saturated rings. The molecule has 8 aromatic carbocycles. The van der Waals surface area contributed by atoms with Crippen molar-refractivity contribution in [1.82, 2.24) is 99.4 Å². The SMILES string of the molecule is COc1cc(OC)cc(N(CCCN2CCC[C@H]2CO)c2ccc3ncc(-c4cnn(C)c4)nc3c2)c1.COc1cc(OC)cc(N(CCCN2CCC[C@H]2CO)c2ccc3ncc(-c4cnn(C)c4)nc3c2)c1.COc1cc(OC)cc(N(CCNC2CC(C)(C)NC(C)(C)C2)c2ccc3ncc(-c4cnn(C)c4)nc3c2)c1.COc1ccc(Cl)c(N(CCO)c2ccc3ncc(-c4cnn(C)c4)nc3c2)c1.S.S. The Morgan fingerprint density at radius 2 is 0.690 bits per heavy atom. The zero-order chi connectivity index (χ0) is 100. The Hall–Kier alpha value is -13.5. The molecule has 3 saturated heterocycles. The number of methoxy groups -OCH3 is 7. The number of aliphatic hydroxyl groups excluding tert-OH is 3. The number of fused-ring (bicyclic) bond motifs is 4. The summed E-state index contributed by atoms with van der Waals surface area (Å²) in [5, 5.41) is 54.3. The minimum atomic E-state index is -0.0347. The van der Waals surface area contributed by atoms with Crippen LogP contribution in [0.3, 0.4) is 0 Å². The molecule has 11 heterocycles. The van der Waals surface area contributed by atoms with Crippen LogP contribution in [0.4, 0.5) is 45.5 Å². The van der Waals surface area contributed by atoms with Crippen LogP contribution in [0.5, 0.6) is 40.2 Å². The van der Waals surface area contributed by atoms with Crippen molar-refractivity contribution in [2.45, 2.75) is 108 Å². The fourth-order valence-electron chi connectivity index (χ4n) is 19.3. The molecule has 0 spiro atoms. The highest BCUT2D eigenvalue weighted by atomic mass is 35.5. The number of nitrogens with zero attached hydrogens (tertiary/aromatic N) is 22. The predicted molar refractivity (Wildman–Crippen MR) is 584 cm³/mol. The van der Waals surface area contributed by atoms with Crippen molar-refractivity contribution in [3.8, 4) is 85.3 Å². The summed E-state index contributed by atoms with van der Waals surface area (Å²) in [5.74, 6) is 5.11. The van der Waals surface area contributed by atoms with Crippen LogP contribution in [-0.4, -0.2) is 262 Å². The Bertz CT molecular complexity index is 6720. The third kappa shape index (κ3) is 27.0. The number of aliphatic hydroxyl groups is 3. The monoisotopic (exact) mass is 2020 g/mol. The van der Waals surface area contributed by atoms with E-state index in [1.165, 1.54) is 0 Å². The zero-order valence-corrected chi connectivity index (χ0v) is 87.8. The molecule has 764 valence electrons. The van der Waals surface area contributed by atoms with E-state index >= 15 is 0 Å². The van der Waals surface area contributed by atoms with Crippen molar-refractivity contribution in [2.24, 2.45) is 28.2 Å². The Morgan fingerprint density at radius 1 is 0.372 bits per heavy atom. The second-order valence-corrected chi connectivity index (χ2v) is 37.8. The Labute approximate surface area is 865 Å². The van der Waals surface area contributed by atoms with Gasteiger partial charge in [-0.05, 0) is 177 Å². The number of ether oxygens (including phenoxy) is 7. The number of hydrogen-bond donors (Lipinski definition) is 5. The molecule has 8 aromatic heterocycles. The van der Waals surface area contributed by atoms with Crippen LogP contribution >= 0.6 is 38.6 Å². The summed E-state index contributed by atoms with van der Waals surface area (Å²) >= 11 is 6.44. The molecular formula is C108H133ClN24O10S2. The van der Waals surface area contributed by atoms with Crippen molar-refractivity contribution in [3.05, 3.63) is 225 Å². The van der Waals surface area contributed by atoms with Gasteiger partial charge in [0.1, 0.15) is 40.2 Å². The van der Waals surface area contributed by atoms with Crippen molar-refractivity contribution in [3.63, 3.8) is 0 Å². The van der Waals surface area contributed by atoms with Crippen LogP contribution in [0.25, 0.3) is 89.2 Å². The number of nitrogens with one attached hydrogen (secondary N) is 2. The summed E-state index contributed by atoms with van der Waals surface area (Å²) in [7, 11) is 19.2. The lowest BCUT2D eigenvalue weighted by molar-refractivity contribution is 0.147. The van der Waals surface area contributed by atoms with E-state index in [-0.39, 0.29) is 70.0 Å². The standard InChI is InChI=1S/C31H41N7O2.2C28H34N6O3.C21H20ClN5O2.2H2S/c1-30(2)16-22(17-31(3,4)36-30)32-10-11-38(24-12-25(39-6)15-26(13-24)40-7)23-8-9-27-28(14-23)35-29(19-33-27)21-18-34-37(5)20-21;2*1-32-18-20(16-30-32)28-17-29-26-8-7-21(14-27(26)31-28)34(11-5-10-33-9-4-6-22(33)19-35)23-12-24(36-2)15-25(13-23)37-3;1-26-13-14(11-24-26)20-12-23-18-6-3-15(9-19(18)25-20)27(7-8-28)21-10-16(29-2)4-5-17(21)22;;/h8-9,12-15,18-20,22,32,36H,10-11,16-17H2,1-7H3;2*7-8,12-18,22,35H,4-6,9-11,19H2,1-3H3;3-6,9-13,28H,7-8H2,1-2H3;2*1H2/t;2*22-;;;/m.00.../s1. The number of piperidine rings is 1. The molecule has 0 saturated carbocycles. The molecule has 34 nitrogen and oxygen atoms in total. The van der Waals surface area contributed by atoms with Gasteiger partial charge in [-0.2, -0.15) is 47.4 Å². The molecular weight excluding hydrogens is 1890 g/mol. The average Bonchev–Trinajstić information content (AvgIpc) is 1.52. The van der Waals surface area contributed by atoms with E-state index in [0.29, 0.717) is 23.4 Å². The quantitative estimate of drug-likeness (QED) is 0.0246. The van der Waals surface area contributed by atoms with Gasteiger partial charge in [0.05, 0.1) is 197 Å². The van der Waals surface area contributed by atoms with Gasteiger partial charge in [0.15, 0.2) is 0 Å². The van der Waals surface area contributed by atoms with E-state index in [1.807, 2.05) is 161 Å². The van der Waals surface area contributed by atoms with Crippen LogP contribution in [0.15, 0.2) is 220 Å². The molecule has 5 N–H and O–H groups in total. The third-order valence-electron chi connectivity index (χ3n) is 26.1. The molecule has 2 atom stereocenters. The van der Waals surface area contributed by atoms with Crippen LogP contribution in [0.1, 0.15) is 79.1 Å². The first-order valence-electron chi connectivity index (χ1n) is 48.3. The molecule has 3 aliphatic rings. The number of anilines is 8. The highest BCUT2D eigenvalue weighted by molar-refractivity contribution is 7.59. The minimum Gasteiger partial charge on any atom is -0.497 e. The summed E-state index contributed by atoms with van der Waals surface area (Å²) in [5.41, 5.74) is 21.1. The zero-order valence-electron chi connectivity index (χ0n) is 85.1. The van der Waals surface area contributed by atoms with Gasteiger partial charge < -0.3 is 78.7 Å². The predicted octanol–water partition coefficient (Wildman–Crippen LogP) is 17.2. The number of rotatable bonds is 35. The maximum atomic E-state index is 9.73. The third-order valence-corrected chi connectivity index (χ3v) is 26.4. The van der Waals surface area contributed by atoms with Crippen molar-refractivity contribution < 1.29 is 48.5 Å². The van der Waals surface area contributed by atoms with E-state index < -0.39 is 0 Å². The molecule has 0 bridgehead atoms. The van der Waals surface area contributed by atoms with E-state index in [4.69, 9.17) is 64.7 Å². The lowest BCUT2D eigenvalue weighted by Crippen LogP contribution is -2.61. The highest BCUT2D eigenvalue weighted by Crippen LogP contribution is 2.42. The van der Waals surface area contributed by atoms with Crippen LogP contribution < -0.4 is 63.4 Å². The highest BCUT2D eigenvalue weighted by Gasteiger charge is 2.38. The number of hydrogen-bond acceptors (Lipinski definition) is 30. The van der Waals surface area contributed by atoms with Gasteiger partial charge in [-0.1, -0.05) is 11.6 Å². The second-order valence-electron chi connectivity index (χ2n) is 37.4. The van der Waals surface area contributed by atoms with E-state index in [2.05, 4.69) is 140 Å². The van der Waals surface area contributed by atoms with Gasteiger partial charge in [0, 0.05) is 251 Å². The van der Waals surface area contributed by atoms with Crippen molar-refractivity contribution >= 4 is 128 Å². The maximum Gasteiger partial charge on any atom is 0.124 e. The van der Waals surface area contributed by atoms with Crippen LogP contribution in [-0.2, 0) is 28.2 Å². The normalized spacial score (nSPS) is 14.9. The van der Waals surface area contributed by atoms with E-state index in [0.717, 1.165) is 273 Å². The molecule has 16 aromatic rings. The average molecular weight is 2030 g/mol. The van der Waals surface area contributed by atoms with E-state index in [1.54, 1.807) is 124 Å². The lowest BCUT2D eigenvalue weighted by atomic mass is 9.79. The van der Waals surface area contributed by atoms with Gasteiger partial charge in [-0.25, -0.2) is 19.9 Å². The number of benzene rings is 8. The van der Waals surface area contributed by atoms with Crippen molar-refractivity contribution in [1.29, 1.82) is 0 Å². The topological polar surface area (TPSA) is 343 Å². The largest absolute Gasteiger partial charge is 0.497 e. The molecule has 37 heteroatoms. The van der Waals surface area contributed by atoms with Gasteiger partial charge in [0.2, 0.25) is 0 Å². The van der Waals surface area contributed by atoms with Gasteiger partial charge in [-0.3, -0.25) is 48.5 Å². The molecule has 145 heavy (non-hydrogen) atoms. The maximum absolute atomic E-state index is 9.73. The van der Waals surface area contributed by atoms with Crippen LogP contribution in [0.2, 0.25) is 5.02 Å². The molecule has 3 aliphatic heterocycles. The first-order valence-corrected chi connectivity index (χ1v) is 48.7. The smallest absolute Gasteiger partial charge is 0.124 e. The van der Waals surface area contributed by atoms with Crippen molar-refractivity contribution in [2.75, 3.05) is 148 Å². The second kappa shape index (κ2) is 49.4. The summed E-state index contributed by atoms with van der Waals surface area (Å²) in [6.45, 7) is 17.0. The molecule has 0 aliphatic carbocycles.